The minimum Gasteiger partial charge on any atom is -0.497 e. The lowest BCUT2D eigenvalue weighted by atomic mass is 10.0. The van der Waals surface area contributed by atoms with Gasteiger partial charge in [-0.15, -0.1) is 0 Å². The molecule has 0 unspecified atom stereocenters. The van der Waals surface area contributed by atoms with Crippen molar-refractivity contribution in [3.63, 3.8) is 0 Å². The van der Waals surface area contributed by atoms with Crippen molar-refractivity contribution in [2.75, 3.05) is 21.3 Å². The predicted octanol–water partition coefficient (Wildman–Crippen LogP) is 4.57. The molecule has 0 spiro atoms. The molecule has 3 aromatic carbocycles. The number of carbonyl (C=O) groups excluding carboxylic acids is 1. The number of carbonyl (C=O) groups is 1. The molecule has 0 aromatic heterocycles. The summed E-state index contributed by atoms with van der Waals surface area (Å²) >= 11 is 0. The number of rotatable bonds is 7. The third-order valence-corrected chi connectivity index (χ3v) is 4.74. The van der Waals surface area contributed by atoms with Crippen molar-refractivity contribution in [2.45, 2.75) is 13.0 Å². The van der Waals surface area contributed by atoms with Gasteiger partial charge in [-0.1, -0.05) is 54.6 Å². The summed E-state index contributed by atoms with van der Waals surface area (Å²) in [7, 11) is 5.05. The van der Waals surface area contributed by atoms with Gasteiger partial charge in [0.05, 0.1) is 20.6 Å². The minimum absolute atomic E-state index is 0.0605. The predicted molar refractivity (Wildman–Crippen MR) is 112 cm³/mol. The highest BCUT2D eigenvalue weighted by Crippen LogP contribution is 2.26. The van der Waals surface area contributed by atoms with E-state index in [4.69, 9.17) is 9.47 Å². The van der Waals surface area contributed by atoms with Gasteiger partial charge >= 0.3 is 0 Å². The summed E-state index contributed by atoms with van der Waals surface area (Å²) in [5.41, 5.74) is 4.26. The Balaban J connectivity index is 1.64. The van der Waals surface area contributed by atoms with Gasteiger partial charge in [-0.05, 0) is 28.8 Å². The van der Waals surface area contributed by atoms with Gasteiger partial charge in [-0.2, -0.15) is 0 Å². The molecule has 4 nitrogen and oxygen atoms in total. The maximum Gasteiger partial charge on any atom is 0.227 e. The zero-order chi connectivity index (χ0) is 19.9. The van der Waals surface area contributed by atoms with E-state index >= 15 is 0 Å². The molecular formula is C24H25NO3. The molecule has 3 aromatic rings. The average molecular weight is 375 g/mol. The number of methoxy groups -OCH3 is 2. The number of ether oxygens (including phenoxy) is 2. The highest BCUT2D eigenvalue weighted by atomic mass is 16.5. The van der Waals surface area contributed by atoms with Crippen LogP contribution in [-0.4, -0.2) is 32.1 Å². The van der Waals surface area contributed by atoms with E-state index in [-0.39, 0.29) is 5.91 Å². The Hall–Kier alpha value is -3.27. The first-order valence-corrected chi connectivity index (χ1v) is 9.20. The van der Waals surface area contributed by atoms with Crippen molar-refractivity contribution in [3.8, 4) is 22.6 Å². The highest BCUT2D eigenvalue weighted by molar-refractivity contribution is 5.79. The zero-order valence-corrected chi connectivity index (χ0v) is 16.5. The second-order valence-electron chi connectivity index (χ2n) is 6.67. The molecule has 3 rings (SSSR count). The monoisotopic (exact) mass is 375 g/mol. The molecule has 144 valence electrons. The lowest BCUT2D eigenvalue weighted by Crippen LogP contribution is -2.27. The fourth-order valence-electron chi connectivity index (χ4n) is 3.08. The van der Waals surface area contributed by atoms with Gasteiger partial charge in [0, 0.05) is 25.2 Å². The van der Waals surface area contributed by atoms with E-state index in [1.165, 1.54) is 5.56 Å². The topological polar surface area (TPSA) is 38.8 Å². The molecule has 0 radical (unpaired) electrons. The molecule has 0 atom stereocenters. The van der Waals surface area contributed by atoms with Gasteiger partial charge in [0.1, 0.15) is 11.5 Å². The van der Waals surface area contributed by atoms with E-state index in [0.717, 1.165) is 22.4 Å². The van der Waals surface area contributed by atoms with Crippen molar-refractivity contribution < 1.29 is 14.3 Å². The second kappa shape index (κ2) is 9.09. The Morgan fingerprint density at radius 3 is 2.18 bits per heavy atom. The van der Waals surface area contributed by atoms with Crippen LogP contribution in [0.5, 0.6) is 11.5 Å². The third-order valence-electron chi connectivity index (χ3n) is 4.74. The molecule has 0 bridgehead atoms. The van der Waals surface area contributed by atoms with E-state index < -0.39 is 0 Å². The van der Waals surface area contributed by atoms with Crippen LogP contribution in [0.3, 0.4) is 0 Å². The molecule has 4 heteroatoms. The summed E-state index contributed by atoms with van der Waals surface area (Å²) in [5, 5.41) is 0. The van der Waals surface area contributed by atoms with E-state index in [1.54, 1.807) is 19.1 Å². The molecule has 0 fully saturated rings. The van der Waals surface area contributed by atoms with Crippen molar-refractivity contribution in [1.29, 1.82) is 0 Å². The maximum absolute atomic E-state index is 12.7. The summed E-state index contributed by atoms with van der Waals surface area (Å²) in [4.78, 5) is 14.4. The van der Waals surface area contributed by atoms with Crippen LogP contribution in [0.25, 0.3) is 11.1 Å². The Labute approximate surface area is 166 Å². The quantitative estimate of drug-likeness (QED) is 0.607. The first-order chi connectivity index (χ1) is 13.6. The van der Waals surface area contributed by atoms with Gasteiger partial charge in [-0.25, -0.2) is 0 Å². The van der Waals surface area contributed by atoms with Crippen LogP contribution in [0.15, 0.2) is 72.8 Å². The molecule has 1 amide bonds. The Morgan fingerprint density at radius 2 is 1.54 bits per heavy atom. The molecule has 28 heavy (non-hydrogen) atoms. The van der Waals surface area contributed by atoms with Crippen molar-refractivity contribution >= 4 is 5.91 Å². The molecule has 0 heterocycles. The van der Waals surface area contributed by atoms with Gasteiger partial charge in [0.2, 0.25) is 5.91 Å². The number of nitrogens with zero attached hydrogens (tertiary/aromatic N) is 1. The zero-order valence-electron chi connectivity index (χ0n) is 16.5. The fourth-order valence-corrected chi connectivity index (χ4v) is 3.08. The molecule has 0 aliphatic rings. The first kappa shape index (κ1) is 19.5. The smallest absolute Gasteiger partial charge is 0.227 e. The standard InChI is InChI=1S/C24H25NO3/c1-25(17-21-13-14-22(27-2)16-23(21)28-3)24(26)15-18-9-11-20(12-10-18)19-7-5-4-6-8-19/h4-14,16H,15,17H2,1-3H3. The van der Waals surface area contributed by atoms with Crippen molar-refractivity contribution in [2.24, 2.45) is 0 Å². The maximum atomic E-state index is 12.7. The van der Waals surface area contributed by atoms with Crippen LogP contribution in [0, 0.1) is 0 Å². The molecule has 0 N–H and O–H groups in total. The highest BCUT2D eigenvalue weighted by Gasteiger charge is 2.13. The van der Waals surface area contributed by atoms with Gasteiger partial charge < -0.3 is 14.4 Å². The molecular weight excluding hydrogens is 350 g/mol. The van der Waals surface area contributed by atoms with Crippen LogP contribution in [-0.2, 0) is 17.8 Å². The number of hydrogen-bond acceptors (Lipinski definition) is 3. The van der Waals surface area contributed by atoms with E-state index in [2.05, 4.69) is 24.3 Å². The van der Waals surface area contributed by atoms with Crippen LogP contribution >= 0.6 is 0 Å². The normalized spacial score (nSPS) is 10.4. The largest absolute Gasteiger partial charge is 0.497 e. The molecule has 0 aliphatic carbocycles. The first-order valence-electron chi connectivity index (χ1n) is 9.20. The van der Waals surface area contributed by atoms with Gasteiger partial charge in [-0.3, -0.25) is 4.79 Å². The summed E-state index contributed by atoms with van der Waals surface area (Å²) in [5.74, 6) is 1.50. The number of benzene rings is 3. The van der Waals surface area contributed by atoms with Crippen LogP contribution < -0.4 is 9.47 Å². The van der Waals surface area contributed by atoms with E-state index in [9.17, 15) is 4.79 Å². The van der Waals surface area contributed by atoms with Crippen LogP contribution in [0.4, 0.5) is 0 Å². The molecule has 0 saturated heterocycles. The lowest BCUT2D eigenvalue weighted by molar-refractivity contribution is -0.129. The van der Waals surface area contributed by atoms with Crippen molar-refractivity contribution in [3.05, 3.63) is 83.9 Å². The molecule has 0 aliphatic heterocycles. The van der Waals surface area contributed by atoms with Gasteiger partial charge in [0.15, 0.2) is 0 Å². The van der Waals surface area contributed by atoms with E-state index in [0.29, 0.717) is 18.7 Å². The summed E-state index contributed by atoms with van der Waals surface area (Å²) in [6, 6.07) is 24.0. The molecule has 0 saturated carbocycles. The lowest BCUT2D eigenvalue weighted by Gasteiger charge is -2.19. The Kier molecular flexibility index (Phi) is 6.33. The SMILES string of the molecule is COc1ccc(CN(C)C(=O)Cc2ccc(-c3ccccc3)cc2)c(OC)c1. The number of likely N-dealkylation sites (N-methyl/N-ethyl adjacent to an activating group) is 1. The number of amides is 1. The third kappa shape index (κ3) is 4.71. The second-order valence-corrected chi connectivity index (χ2v) is 6.67. The van der Waals surface area contributed by atoms with Crippen LogP contribution in [0.2, 0.25) is 0 Å². The fraction of sp³-hybridized carbons (Fsp3) is 0.208. The summed E-state index contributed by atoms with van der Waals surface area (Å²) < 4.78 is 10.6. The number of hydrogen-bond donors (Lipinski definition) is 0. The summed E-state index contributed by atoms with van der Waals surface area (Å²) in [6.07, 6.45) is 0.365. The minimum atomic E-state index is 0.0605. The average Bonchev–Trinajstić information content (AvgIpc) is 2.75. The summed E-state index contributed by atoms with van der Waals surface area (Å²) in [6.45, 7) is 0.480. The Bertz CT molecular complexity index is 920. The van der Waals surface area contributed by atoms with Crippen LogP contribution in [0.1, 0.15) is 11.1 Å². The van der Waals surface area contributed by atoms with E-state index in [1.807, 2.05) is 55.6 Å². The van der Waals surface area contributed by atoms with Gasteiger partial charge in [0.25, 0.3) is 0 Å². The Morgan fingerprint density at radius 1 is 0.857 bits per heavy atom. The van der Waals surface area contributed by atoms with Crippen molar-refractivity contribution in [1.82, 2.24) is 4.90 Å².